The Morgan fingerprint density at radius 2 is 1.29 bits per heavy atom. The van der Waals surface area contributed by atoms with Gasteiger partial charge < -0.3 is 5.32 Å². The van der Waals surface area contributed by atoms with Crippen molar-refractivity contribution < 1.29 is 0 Å². The number of nitrogens with one attached hydrogen (secondary N) is 1. The molecule has 6 aromatic rings. The highest BCUT2D eigenvalue weighted by atomic mass is 14.9. The van der Waals surface area contributed by atoms with Gasteiger partial charge in [0.1, 0.15) is 0 Å². The van der Waals surface area contributed by atoms with Crippen molar-refractivity contribution in [2.45, 2.75) is 103 Å². The summed E-state index contributed by atoms with van der Waals surface area (Å²) in [4.78, 5) is 0. The summed E-state index contributed by atoms with van der Waals surface area (Å²) in [5.41, 5.74) is 20.0. The third-order valence-corrected chi connectivity index (χ3v) is 14.2. The van der Waals surface area contributed by atoms with Crippen LogP contribution in [0.2, 0.25) is 0 Å². The number of fused-ring (bicyclic) bond motifs is 4. The minimum atomic E-state index is -0.498. The summed E-state index contributed by atoms with van der Waals surface area (Å²) in [6, 6.07) is 48.3. The fourth-order valence-electron chi connectivity index (χ4n) is 10.8. The van der Waals surface area contributed by atoms with E-state index in [0.717, 1.165) is 5.69 Å². The van der Waals surface area contributed by atoms with Crippen LogP contribution >= 0.6 is 0 Å². The van der Waals surface area contributed by atoms with Crippen LogP contribution < -0.4 is 16.2 Å². The van der Waals surface area contributed by atoms with Crippen LogP contribution in [-0.4, -0.2) is 7.28 Å². The fourth-order valence-corrected chi connectivity index (χ4v) is 10.8. The van der Waals surface area contributed by atoms with E-state index in [1.54, 1.807) is 11.1 Å². The van der Waals surface area contributed by atoms with Crippen molar-refractivity contribution in [1.82, 2.24) is 0 Å². The standard InChI is InChI=1S/C53H55BN/c1-34-30-40-35(2)47-44(52(8)29-18-17-28-51(52,6)7)32-38(50(3,4)5)33-45(47)54-48(40)41(31-34)39-24-19-26-43-49(39)55-46-27-16-15-25-42(46)53(43,36-20-11-9-12-21-36)37-22-13-10-14-23-37/h9-16,19-27,30-33,35,55H,17-18,28-29H2,1-8H3. The smallest absolute Gasteiger partial charge is 0.193 e. The van der Waals surface area contributed by atoms with Gasteiger partial charge in [0.25, 0.3) is 0 Å². The second kappa shape index (κ2) is 12.9. The highest BCUT2D eigenvalue weighted by molar-refractivity contribution is 6.70. The normalized spacial score (nSPS) is 20.5. The van der Waals surface area contributed by atoms with E-state index in [4.69, 9.17) is 0 Å². The Labute approximate surface area is 330 Å². The summed E-state index contributed by atoms with van der Waals surface area (Å²) in [5, 5.41) is 4.04. The molecule has 2 aliphatic heterocycles. The maximum absolute atomic E-state index is 4.04. The van der Waals surface area contributed by atoms with Crippen LogP contribution in [0.5, 0.6) is 0 Å². The van der Waals surface area contributed by atoms with Gasteiger partial charge in [0.2, 0.25) is 0 Å². The van der Waals surface area contributed by atoms with Gasteiger partial charge in [0.15, 0.2) is 7.28 Å². The zero-order valence-electron chi connectivity index (χ0n) is 34.1. The Kier molecular flexibility index (Phi) is 8.39. The molecule has 1 nitrogen and oxygen atoms in total. The maximum Gasteiger partial charge on any atom is 0.193 e. The number of aryl methyl sites for hydroxylation is 1. The van der Waals surface area contributed by atoms with E-state index in [1.807, 2.05) is 0 Å². The van der Waals surface area contributed by atoms with Crippen LogP contribution in [0.1, 0.15) is 130 Å². The van der Waals surface area contributed by atoms with Crippen molar-refractivity contribution in [3.05, 3.63) is 177 Å². The molecule has 3 aliphatic rings. The van der Waals surface area contributed by atoms with Crippen LogP contribution in [0.4, 0.5) is 11.4 Å². The molecule has 1 N–H and O–H groups in total. The predicted octanol–water partition coefficient (Wildman–Crippen LogP) is 12.4. The average Bonchev–Trinajstić information content (AvgIpc) is 3.18. The van der Waals surface area contributed by atoms with Gasteiger partial charge in [-0.3, -0.25) is 0 Å². The maximum atomic E-state index is 4.04. The molecule has 1 fully saturated rings. The molecule has 6 aromatic carbocycles. The number of rotatable bonds is 4. The van der Waals surface area contributed by atoms with Crippen LogP contribution in [0, 0.1) is 12.3 Å². The first-order valence-corrected chi connectivity index (χ1v) is 20.6. The molecule has 1 saturated carbocycles. The minimum absolute atomic E-state index is 0.0421. The van der Waals surface area contributed by atoms with E-state index in [2.05, 4.69) is 195 Å². The molecule has 1 radical (unpaired) electrons. The van der Waals surface area contributed by atoms with Gasteiger partial charge in [0.05, 0.1) is 11.1 Å². The quantitative estimate of drug-likeness (QED) is 0.179. The summed E-state index contributed by atoms with van der Waals surface area (Å²) in [5.74, 6) is 0.271. The topological polar surface area (TPSA) is 12.0 Å². The minimum Gasteiger partial charge on any atom is -0.354 e. The van der Waals surface area contributed by atoms with Crippen molar-refractivity contribution in [3.63, 3.8) is 0 Å². The van der Waals surface area contributed by atoms with Crippen molar-refractivity contribution >= 4 is 29.6 Å². The lowest BCUT2D eigenvalue weighted by molar-refractivity contribution is 0.108. The number of benzene rings is 6. The summed E-state index contributed by atoms with van der Waals surface area (Å²) >= 11 is 0. The zero-order valence-corrected chi connectivity index (χ0v) is 34.1. The van der Waals surface area contributed by atoms with Crippen LogP contribution in [0.25, 0.3) is 11.1 Å². The zero-order chi connectivity index (χ0) is 38.3. The highest BCUT2D eigenvalue weighted by Gasteiger charge is 2.48. The molecule has 0 bridgehead atoms. The predicted molar refractivity (Wildman–Crippen MR) is 235 cm³/mol. The first kappa shape index (κ1) is 35.9. The Morgan fingerprint density at radius 1 is 0.655 bits per heavy atom. The number of hydrogen-bond acceptors (Lipinski definition) is 1. The fraction of sp³-hybridized carbons (Fsp3) is 0.321. The van der Waals surface area contributed by atoms with E-state index in [9.17, 15) is 0 Å². The van der Waals surface area contributed by atoms with Crippen molar-refractivity contribution in [2.75, 3.05) is 5.32 Å². The summed E-state index contributed by atoms with van der Waals surface area (Å²) < 4.78 is 0. The lowest BCUT2D eigenvalue weighted by Gasteiger charge is -2.51. The van der Waals surface area contributed by atoms with E-state index in [0.29, 0.717) is 0 Å². The molecule has 2 heteroatoms. The highest BCUT2D eigenvalue weighted by Crippen LogP contribution is 2.57. The Balaban J connectivity index is 1.30. The van der Waals surface area contributed by atoms with Crippen molar-refractivity contribution in [1.29, 1.82) is 0 Å². The van der Waals surface area contributed by atoms with E-state index in [1.165, 1.54) is 92.4 Å². The third kappa shape index (κ3) is 5.42. The Hall–Kier alpha value is -4.82. The summed E-state index contributed by atoms with van der Waals surface area (Å²) in [6.07, 6.45) is 5.15. The molecule has 1 aliphatic carbocycles. The third-order valence-electron chi connectivity index (χ3n) is 14.2. The Morgan fingerprint density at radius 3 is 1.96 bits per heavy atom. The first-order valence-electron chi connectivity index (χ1n) is 20.6. The Bertz CT molecular complexity index is 2390. The second-order valence-corrected chi connectivity index (χ2v) is 18.8. The molecule has 2 unspecified atom stereocenters. The van der Waals surface area contributed by atoms with Crippen LogP contribution in [-0.2, 0) is 16.2 Å². The number of para-hydroxylation sites is 2. The molecular weight excluding hydrogens is 661 g/mol. The van der Waals surface area contributed by atoms with Crippen molar-refractivity contribution in [3.8, 4) is 11.1 Å². The molecule has 2 atom stereocenters. The first-order chi connectivity index (χ1) is 26.3. The van der Waals surface area contributed by atoms with Gasteiger partial charge in [-0.05, 0) is 92.1 Å². The van der Waals surface area contributed by atoms with Gasteiger partial charge in [0, 0.05) is 17.2 Å². The molecule has 2 heterocycles. The number of hydrogen-bond donors (Lipinski definition) is 1. The van der Waals surface area contributed by atoms with Crippen molar-refractivity contribution in [2.24, 2.45) is 5.41 Å². The largest absolute Gasteiger partial charge is 0.354 e. The van der Waals surface area contributed by atoms with Gasteiger partial charge in [-0.15, -0.1) is 0 Å². The monoisotopic (exact) mass is 716 g/mol. The number of anilines is 2. The van der Waals surface area contributed by atoms with Gasteiger partial charge >= 0.3 is 0 Å². The molecule has 0 aromatic heterocycles. The SMILES string of the molecule is Cc1cc(-c2cccc3c2Nc2ccccc2C3(c2ccccc2)c2ccccc2)c2c(c1)C(C)c1c(cc(C(C)(C)C)cc1C1(C)CCCCC1(C)C)[B]2. The molecule has 9 rings (SSSR count). The molecule has 0 spiro atoms. The van der Waals surface area contributed by atoms with E-state index >= 15 is 0 Å². The van der Waals surface area contributed by atoms with Gasteiger partial charge in [-0.2, -0.15) is 0 Å². The molecule has 275 valence electrons. The van der Waals surface area contributed by atoms with Gasteiger partial charge in [-0.25, -0.2) is 0 Å². The molecule has 55 heavy (non-hydrogen) atoms. The lowest BCUT2D eigenvalue weighted by Crippen LogP contribution is -2.47. The van der Waals surface area contributed by atoms with E-state index in [-0.39, 0.29) is 22.2 Å². The molecular formula is C53H55BN. The molecule has 0 amide bonds. The molecule has 0 saturated heterocycles. The van der Waals surface area contributed by atoms with Gasteiger partial charge in [-0.1, -0.05) is 199 Å². The average molecular weight is 717 g/mol. The summed E-state index contributed by atoms with van der Waals surface area (Å²) in [7, 11) is 2.56. The second-order valence-electron chi connectivity index (χ2n) is 18.8. The van der Waals surface area contributed by atoms with Crippen LogP contribution in [0.15, 0.2) is 127 Å². The van der Waals surface area contributed by atoms with Crippen LogP contribution in [0.3, 0.4) is 0 Å². The summed E-state index contributed by atoms with van der Waals surface area (Å²) in [6.45, 7) is 19.6. The van der Waals surface area contributed by atoms with E-state index < -0.39 is 5.41 Å². The lowest BCUT2D eigenvalue weighted by atomic mass is 9.48.